The largest absolute Gasteiger partial charge is 0.487 e. The van der Waals surface area contributed by atoms with Gasteiger partial charge in [-0.05, 0) is 66.6 Å². The van der Waals surface area contributed by atoms with Gasteiger partial charge in [-0.3, -0.25) is 0 Å². The Bertz CT molecular complexity index is 1360. The van der Waals surface area contributed by atoms with Crippen molar-refractivity contribution in [2.45, 2.75) is 33.8 Å². The summed E-state index contributed by atoms with van der Waals surface area (Å²) < 4.78 is 10.2. The predicted octanol–water partition coefficient (Wildman–Crippen LogP) is 4.22. The maximum absolute atomic E-state index is 12.3. The Balaban J connectivity index is 1.62. The second kappa shape index (κ2) is 8.80. The van der Waals surface area contributed by atoms with E-state index in [0.717, 1.165) is 28.2 Å². The zero-order valence-electron chi connectivity index (χ0n) is 18.1. The zero-order valence-corrected chi connectivity index (χ0v) is 19.6. The van der Waals surface area contributed by atoms with Crippen LogP contribution in [0.3, 0.4) is 0 Å². The number of hydrogen-bond donors (Lipinski definition) is 0. The number of nitrogens with zero attached hydrogens (tertiary/aromatic N) is 6. The van der Waals surface area contributed by atoms with Crippen LogP contribution >= 0.6 is 23.2 Å². The van der Waals surface area contributed by atoms with Gasteiger partial charge in [-0.2, -0.15) is 14.5 Å². The lowest BCUT2D eigenvalue weighted by Gasteiger charge is -2.14. The smallest absolute Gasteiger partial charge is 0.368 e. The van der Waals surface area contributed by atoms with Crippen molar-refractivity contribution in [1.82, 2.24) is 29.6 Å². The van der Waals surface area contributed by atoms with Gasteiger partial charge in [0.25, 0.3) is 0 Å². The summed E-state index contributed by atoms with van der Waals surface area (Å²) in [7, 11) is 1.53. The number of halogens is 2. The molecule has 10 heteroatoms. The molecule has 0 fully saturated rings. The maximum Gasteiger partial charge on any atom is 0.368 e. The van der Waals surface area contributed by atoms with Crippen LogP contribution in [0.25, 0.3) is 11.4 Å². The molecule has 0 amide bonds. The van der Waals surface area contributed by atoms with Crippen molar-refractivity contribution in [3.05, 3.63) is 79.4 Å². The number of benzene rings is 2. The van der Waals surface area contributed by atoms with Crippen molar-refractivity contribution in [2.75, 3.05) is 0 Å². The van der Waals surface area contributed by atoms with E-state index in [1.165, 1.54) is 17.3 Å². The van der Waals surface area contributed by atoms with Crippen LogP contribution in [0.15, 0.2) is 41.2 Å². The summed E-state index contributed by atoms with van der Waals surface area (Å²) >= 11 is 12.9. The molecule has 0 radical (unpaired) electrons. The number of hydrogen-bond acceptors (Lipinski definition) is 5. The standard InChI is InChI=1S/C22H22Cl2N6O2/c1-5-16-13(2)25-29(14(16)3)15-9-10-21(19(24)11-15)32-12-17-18(23)7-6-8-20(17)30-22(31)28(4)26-27-30/h6-11H,5,12H2,1-4H3. The molecule has 166 valence electrons. The summed E-state index contributed by atoms with van der Waals surface area (Å²) in [5.74, 6) is 0.491. The summed E-state index contributed by atoms with van der Waals surface area (Å²) in [6, 6.07) is 10.7. The van der Waals surface area contributed by atoms with Crippen LogP contribution in [-0.4, -0.2) is 29.6 Å². The highest BCUT2D eigenvalue weighted by atomic mass is 35.5. The third kappa shape index (κ3) is 3.91. The van der Waals surface area contributed by atoms with Gasteiger partial charge in [0.2, 0.25) is 0 Å². The Labute approximate surface area is 194 Å². The molecule has 2 aromatic carbocycles. The van der Waals surface area contributed by atoms with Gasteiger partial charge in [0.05, 0.1) is 22.1 Å². The molecule has 2 aromatic heterocycles. The summed E-state index contributed by atoms with van der Waals surface area (Å²) in [6.45, 7) is 6.26. The topological polar surface area (TPSA) is 79.8 Å². The van der Waals surface area contributed by atoms with Gasteiger partial charge < -0.3 is 4.74 Å². The van der Waals surface area contributed by atoms with Crippen molar-refractivity contribution in [3.63, 3.8) is 0 Å². The van der Waals surface area contributed by atoms with Gasteiger partial charge in [0, 0.05) is 23.3 Å². The molecule has 2 heterocycles. The van der Waals surface area contributed by atoms with Gasteiger partial charge in [-0.25, -0.2) is 9.48 Å². The Morgan fingerprint density at radius 3 is 2.41 bits per heavy atom. The lowest BCUT2D eigenvalue weighted by Crippen LogP contribution is -2.23. The minimum absolute atomic E-state index is 0.0942. The fourth-order valence-electron chi connectivity index (χ4n) is 3.68. The van der Waals surface area contributed by atoms with Crippen molar-refractivity contribution < 1.29 is 4.74 Å². The molecule has 4 aromatic rings. The van der Waals surface area contributed by atoms with E-state index in [2.05, 4.69) is 22.4 Å². The van der Waals surface area contributed by atoms with Crippen molar-refractivity contribution in [2.24, 2.45) is 7.05 Å². The van der Waals surface area contributed by atoms with Gasteiger partial charge in [0.1, 0.15) is 12.4 Å². The molecule has 0 unspecified atom stereocenters. The molecule has 0 aliphatic heterocycles. The monoisotopic (exact) mass is 472 g/mol. The third-order valence-corrected chi connectivity index (χ3v) is 6.02. The van der Waals surface area contributed by atoms with E-state index in [0.29, 0.717) is 27.0 Å². The first-order valence-corrected chi connectivity index (χ1v) is 10.8. The number of ether oxygens (including phenoxy) is 1. The number of tetrazole rings is 1. The van der Waals surface area contributed by atoms with Crippen LogP contribution in [0.5, 0.6) is 5.75 Å². The van der Waals surface area contributed by atoms with Gasteiger partial charge in [-0.1, -0.05) is 36.2 Å². The second-order valence-electron chi connectivity index (χ2n) is 7.35. The fourth-order valence-corrected chi connectivity index (χ4v) is 4.13. The number of aromatic nitrogens is 6. The second-order valence-corrected chi connectivity index (χ2v) is 8.17. The van der Waals surface area contributed by atoms with E-state index in [1.54, 1.807) is 24.3 Å². The molecule has 0 aliphatic rings. The highest BCUT2D eigenvalue weighted by Crippen LogP contribution is 2.31. The Morgan fingerprint density at radius 2 is 1.78 bits per heavy atom. The minimum atomic E-state index is -0.382. The molecular weight excluding hydrogens is 451 g/mol. The first kappa shape index (κ1) is 22.1. The predicted molar refractivity (Wildman–Crippen MR) is 123 cm³/mol. The summed E-state index contributed by atoms with van der Waals surface area (Å²) in [5, 5.41) is 13.2. The number of aryl methyl sites for hydroxylation is 2. The maximum atomic E-state index is 12.3. The Morgan fingerprint density at radius 1 is 1.00 bits per heavy atom. The molecule has 0 saturated heterocycles. The zero-order chi connectivity index (χ0) is 23.0. The molecule has 0 saturated carbocycles. The molecule has 0 N–H and O–H groups in total. The van der Waals surface area contributed by atoms with Crippen molar-refractivity contribution >= 4 is 23.2 Å². The third-order valence-electron chi connectivity index (χ3n) is 5.37. The summed E-state index contributed by atoms with van der Waals surface area (Å²) in [6.07, 6.45) is 0.918. The molecule has 32 heavy (non-hydrogen) atoms. The van der Waals surface area contributed by atoms with Crippen molar-refractivity contribution in [3.8, 4) is 17.1 Å². The van der Waals surface area contributed by atoms with Crippen molar-refractivity contribution in [1.29, 1.82) is 0 Å². The number of rotatable bonds is 6. The first-order valence-electron chi connectivity index (χ1n) is 10.1. The van der Waals surface area contributed by atoms with Gasteiger partial charge in [-0.15, -0.1) is 0 Å². The molecule has 0 spiro atoms. The molecule has 0 atom stereocenters. The first-order chi connectivity index (χ1) is 15.3. The Kier molecular flexibility index (Phi) is 6.08. The molecule has 8 nitrogen and oxygen atoms in total. The molecule has 0 bridgehead atoms. The molecule has 0 aliphatic carbocycles. The van der Waals surface area contributed by atoms with Gasteiger partial charge in [0.15, 0.2) is 0 Å². The van der Waals surface area contributed by atoms with Crippen LogP contribution in [-0.2, 0) is 20.1 Å². The van der Waals surface area contributed by atoms with E-state index in [1.807, 2.05) is 30.7 Å². The fraction of sp³-hybridized carbons (Fsp3) is 0.273. The Hall–Kier alpha value is -3.10. The van der Waals surface area contributed by atoms with Gasteiger partial charge >= 0.3 is 5.69 Å². The van der Waals surface area contributed by atoms with E-state index in [9.17, 15) is 4.79 Å². The average molecular weight is 473 g/mol. The molecule has 4 rings (SSSR count). The van der Waals surface area contributed by atoms with E-state index in [4.69, 9.17) is 27.9 Å². The molecular formula is C22H22Cl2N6O2. The van der Waals surface area contributed by atoms with E-state index < -0.39 is 0 Å². The normalized spacial score (nSPS) is 11.2. The van der Waals surface area contributed by atoms with Crippen LogP contribution in [0.1, 0.15) is 29.4 Å². The minimum Gasteiger partial charge on any atom is -0.487 e. The van der Waals surface area contributed by atoms with E-state index >= 15 is 0 Å². The highest BCUT2D eigenvalue weighted by molar-refractivity contribution is 6.32. The quantitative estimate of drug-likeness (QED) is 0.419. The van der Waals surface area contributed by atoms with Crippen LogP contribution in [0.2, 0.25) is 10.0 Å². The summed E-state index contributed by atoms with van der Waals surface area (Å²) in [5.41, 5.74) is 4.89. The lowest BCUT2D eigenvalue weighted by molar-refractivity contribution is 0.306. The van der Waals surface area contributed by atoms with Crippen LogP contribution < -0.4 is 10.4 Å². The SMILES string of the molecule is CCc1c(C)nn(-c2ccc(OCc3c(Cl)cccc3-n3nnn(C)c3=O)c(Cl)c2)c1C. The van der Waals surface area contributed by atoms with Crippen LogP contribution in [0.4, 0.5) is 0 Å². The lowest BCUT2D eigenvalue weighted by atomic mass is 10.1. The highest BCUT2D eigenvalue weighted by Gasteiger charge is 2.16. The summed E-state index contributed by atoms with van der Waals surface area (Å²) in [4.78, 5) is 12.3. The van der Waals surface area contributed by atoms with E-state index in [-0.39, 0.29) is 12.3 Å². The average Bonchev–Trinajstić information content (AvgIpc) is 3.25. The van der Waals surface area contributed by atoms with Crippen LogP contribution in [0, 0.1) is 13.8 Å².